The van der Waals surface area contributed by atoms with Gasteiger partial charge in [0.25, 0.3) is 0 Å². The van der Waals surface area contributed by atoms with Gasteiger partial charge >= 0.3 is 0 Å². The second kappa shape index (κ2) is 13.3. The number of furan rings is 1. The summed E-state index contributed by atoms with van der Waals surface area (Å²) in [6.45, 7) is 6.30. The highest BCUT2D eigenvalue weighted by Crippen LogP contribution is 2.39. The van der Waals surface area contributed by atoms with Gasteiger partial charge in [-0.15, -0.1) is 0 Å². The van der Waals surface area contributed by atoms with E-state index in [0.717, 1.165) is 16.7 Å². The lowest BCUT2D eigenvalue weighted by Crippen LogP contribution is -1.83. The zero-order valence-electron chi connectivity index (χ0n) is 25.5. The van der Waals surface area contributed by atoms with Crippen LogP contribution in [0.2, 0.25) is 0 Å². The molecule has 1 nitrogen and oxygen atoms in total. The second-order valence-electron chi connectivity index (χ2n) is 11.2. The van der Waals surface area contributed by atoms with Crippen LogP contribution >= 0.6 is 0 Å². The molecule has 0 aliphatic rings. The SMILES string of the molecule is Cc1cccc(-c2cccc(-c3cccc4c3oc3ccc5ccccc5c34)c2)c1.Cc1ccccc1.Cc1ccccc1. The van der Waals surface area contributed by atoms with E-state index in [9.17, 15) is 0 Å². The Bertz CT molecular complexity index is 2100. The van der Waals surface area contributed by atoms with Gasteiger partial charge in [0.05, 0.1) is 0 Å². The van der Waals surface area contributed by atoms with Crippen molar-refractivity contribution in [3.05, 3.63) is 180 Å². The smallest absolute Gasteiger partial charge is 0.143 e. The summed E-state index contributed by atoms with van der Waals surface area (Å²) in [5.41, 5.74) is 10.5. The third-order valence-corrected chi connectivity index (χ3v) is 7.79. The molecule has 0 fully saturated rings. The molecule has 0 N–H and O–H groups in total. The minimum Gasteiger partial charge on any atom is -0.455 e. The molecule has 0 aliphatic carbocycles. The molecule has 0 amide bonds. The summed E-state index contributed by atoms with van der Waals surface area (Å²) >= 11 is 0. The number of fused-ring (bicyclic) bond motifs is 5. The third-order valence-electron chi connectivity index (χ3n) is 7.79. The first kappa shape index (κ1) is 28.7. The van der Waals surface area contributed by atoms with Crippen molar-refractivity contribution < 1.29 is 4.42 Å². The molecule has 8 rings (SSSR count). The number of rotatable bonds is 2. The number of hydrogen-bond acceptors (Lipinski definition) is 1. The van der Waals surface area contributed by atoms with Crippen molar-refractivity contribution in [2.24, 2.45) is 0 Å². The zero-order chi connectivity index (χ0) is 30.3. The van der Waals surface area contributed by atoms with Crippen LogP contribution in [0.25, 0.3) is 55.0 Å². The van der Waals surface area contributed by atoms with Crippen molar-refractivity contribution in [3.8, 4) is 22.3 Å². The number of aryl methyl sites for hydroxylation is 3. The molecular formula is C43H36O. The molecule has 44 heavy (non-hydrogen) atoms. The third kappa shape index (κ3) is 6.48. The van der Waals surface area contributed by atoms with Crippen molar-refractivity contribution in [2.75, 3.05) is 0 Å². The van der Waals surface area contributed by atoms with Crippen molar-refractivity contribution in [1.82, 2.24) is 0 Å². The monoisotopic (exact) mass is 568 g/mol. The van der Waals surface area contributed by atoms with Gasteiger partial charge in [-0.3, -0.25) is 0 Å². The van der Waals surface area contributed by atoms with E-state index in [1.165, 1.54) is 54.9 Å². The van der Waals surface area contributed by atoms with Crippen molar-refractivity contribution in [3.63, 3.8) is 0 Å². The maximum atomic E-state index is 6.41. The quantitative estimate of drug-likeness (QED) is 0.202. The fourth-order valence-corrected chi connectivity index (χ4v) is 5.56. The lowest BCUT2D eigenvalue weighted by Gasteiger charge is -2.07. The lowest BCUT2D eigenvalue weighted by atomic mass is 9.96. The number of para-hydroxylation sites is 1. The van der Waals surface area contributed by atoms with Gasteiger partial charge in [-0.05, 0) is 60.4 Å². The van der Waals surface area contributed by atoms with Crippen LogP contribution in [-0.4, -0.2) is 0 Å². The Morgan fingerprint density at radius 1 is 0.386 bits per heavy atom. The Morgan fingerprint density at radius 3 is 1.59 bits per heavy atom. The van der Waals surface area contributed by atoms with Crippen LogP contribution in [0.1, 0.15) is 16.7 Å². The first-order valence-corrected chi connectivity index (χ1v) is 15.1. The predicted molar refractivity (Wildman–Crippen MR) is 189 cm³/mol. The van der Waals surface area contributed by atoms with Crippen LogP contribution in [0.3, 0.4) is 0 Å². The molecule has 0 saturated carbocycles. The van der Waals surface area contributed by atoms with Gasteiger partial charge in [0.1, 0.15) is 11.2 Å². The highest BCUT2D eigenvalue weighted by atomic mass is 16.3. The van der Waals surface area contributed by atoms with Crippen molar-refractivity contribution >= 4 is 32.7 Å². The first-order chi connectivity index (χ1) is 21.6. The van der Waals surface area contributed by atoms with Gasteiger partial charge in [-0.2, -0.15) is 0 Å². The van der Waals surface area contributed by atoms with Gasteiger partial charge < -0.3 is 4.42 Å². The van der Waals surface area contributed by atoms with E-state index in [1.807, 2.05) is 36.4 Å². The summed E-state index contributed by atoms with van der Waals surface area (Å²) in [4.78, 5) is 0. The van der Waals surface area contributed by atoms with E-state index in [1.54, 1.807) is 0 Å². The van der Waals surface area contributed by atoms with Crippen LogP contribution in [0, 0.1) is 20.8 Å². The fourth-order valence-electron chi connectivity index (χ4n) is 5.56. The first-order valence-electron chi connectivity index (χ1n) is 15.1. The molecule has 214 valence electrons. The maximum Gasteiger partial charge on any atom is 0.143 e. The second-order valence-corrected chi connectivity index (χ2v) is 11.2. The fraction of sp³-hybridized carbons (Fsp3) is 0.0698. The molecule has 0 bridgehead atoms. The summed E-state index contributed by atoms with van der Waals surface area (Å²) < 4.78 is 6.41. The van der Waals surface area contributed by atoms with Gasteiger partial charge in [-0.1, -0.05) is 168 Å². The molecule has 0 atom stereocenters. The minimum atomic E-state index is 0.936. The van der Waals surface area contributed by atoms with Crippen LogP contribution < -0.4 is 0 Å². The summed E-state index contributed by atoms with van der Waals surface area (Å²) in [6, 6.07) is 57.1. The Morgan fingerprint density at radius 2 is 0.932 bits per heavy atom. The van der Waals surface area contributed by atoms with Gasteiger partial charge in [-0.25, -0.2) is 0 Å². The van der Waals surface area contributed by atoms with E-state index in [2.05, 4.69) is 148 Å². The van der Waals surface area contributed by atoms with Crippen molar-refractivity contribution in [1.29, 1.82) is 0 Å². The Balaban J connectivity index is 0.000000201. The number of benzene rings is 7. The molecule has 0 radical (unpaired) electrons. The molecule has 1 aromatic heterocycles. The topological polar surface area (TPSA) is 13.1 Å². The van der Waals surface area contributed by atoms with Gasteiger partial charge in [0, 0.05) is 16.3 Å². The van der Waals surface area contributed by atoms with Crippen LogP contribution in [0.5, 0.6) is 0 Å². The molecule has 0 unspecified atom stereocenters. The zero-order valence-corrected chi connectivity index (χ0v) is 25.5. The molecule has 0 saturated heterocycles. The molecule has 1 heteroatoms. The molecular weight excluding hydrogens is 532 g/mol. The Hall–Kier alpha value is -5.40. The lowest BCUT2D eigenvalue weighted by molar-refractivity contribution is 0.670. The minimum absolute atomic E-state index is 0.936. The standard InChI is InChI=1S/C29H20O.2C7H8/c1-19-7-4-9-21(17-19)22-10-5-11-23(18-22)25-13-6-14-26-28-24-12-3-2-8-20(24)15-16-27(28)30-29(25)26;2*1-7-5-3-2-4-6-7/h2-18H,1H3;2*2-6H,1H3. The molecule has 8 aromatic rings. The van der Waals surface area contributed by atoms with Gasteiger partial charge in [0.15, 0.2) is 0 Å². The van der Waals surface area contributed by atoms with E-state index in [0.29, 0.717) is 0 Å². The Kier molecular flexibility index (Phi) is 8.66. The average molecular weight is 569 g/mol. The van der Waals surface area contributed by atoms with Crippen LogP contribution in [0.15, 0.2) is 168 Å². The normalized spacial score (nSPS) is 10.6. The maximum absolute atomic E-state index is 6.41. The van der Waals surface area contributed by atoms with Gasteiger partial charge in [0.2, 0.25) is 0 Å². The molecule has 7 aromatic carbocycles. The number of hydrogen-bond donors (Lipinski definition) is 0. The largest absolute Gasteiger partial charge is 0.455 e. The molecule has 0 spiro atoms. The summed E-state index contributed by atoms with van der Waals surface area (Å²) in [5.74, 6) is 0. The van der Waals surface area contributed by atoms with E-state index in [4.69, 9.17) is 4.42 Å². The van der Waals surface area contributed by atoms with E-state index >= 15 is 0 Å². The highest BCUT2D eigenvalue weighted by Gasteiger charge is 2.14. The highest BCUT2D eigenvalue weighted by molar-refractivity contribution is 6.20. The van der Waals surface area contributed by atoms with E-state index in [-0.39, 0.29) is 0 Å². The van der Waals surface area contributed by atoms with Crippen molar-refractivity contribution in [2.45, 2.75) is 20.8 Å². The Labute approximate surface area is 260 Å². The van der Waals surface area contributed by atoms with E-state index < -0.39 is 0 Å². The average Bonchev–Trinajstić information content (AvgIpc) is 3.46. The summed E-state index contributed by atoms with van der Waals surface area (Å²) in [7, 11) is 0. The molecule has 0 aliphatic heterocycles. The summed E-state index contributed by atoms with van der Waals surface area (Å²) in [6.07, 6.45) is 0. The predicted octanol–water partition coefficient (Wildman–Crippen LogP) is 12.4. The van der Waals surface area contributed by atoms with Crippen LogP contribution in [-0.2, 0) is 0 Å². The van der Waals surface area contributed by atoms with Crippen LogP contribution in [0.4, 0.5) is 0 Å². The summed E-state index contributed by atoms with van der Waals surface area (Å²) in [5, 5.41) is 4.83. The molecule has 1 heterocycles.